The van der Waals surface area contributed by atoms with Crippen LogP contribution in [0, 0.1) is 18.3 Å². The predicted octanol–water partition coefficient (Wildman–Crippen LogP) is 4.55. The van der Waals surface area contributed by atoms with Crippen molar-refractivity contribution in [3.05, 3.63) is 63.7 Å². The normalized spacial score (nSPS) is 11.3. The van der Waals surface area contributed by atoms with E-state index in [4.69, 9.17) is 21.0 Å². The van der Waals surface area contributed by atoms with Crippen LogP contribution in [0.5, 0.6) is 5.75 Å². The lowest BCUT2D eigenvalue weighted by molar-refractivity contribution is 0.480. The van der Waals surface area contributed by atoms with Crippen LogP contribution < -0.4 is 4.18 Å². The number of hydrogen-bond acceptors (Lipinski definition) is 4. The molecule has 0 fully saturated rings. The number of benzene rings is 2. The predicted molar refractivity (Wildman–Crippen MR) is 94.7 cm³/mol. The molecule has 2 aromatic carbocycles. The summed E-state index contributed by atoms with van der Waals surface area (Å²) < 4.78 is 30.1. The van der Waals surface area contributed by atoms with E-state index in [-0.39, 0.29) is 11.7 Å². The third-order valence-corrected chi connectivity index (χ3v) is 5.06. The molecule has 0 saturated carbocycles. The second-order valence-electron chi connectivity index (χ2n) is 5.89. The fourth-order valence-electron chi connectivity index (χ4n) is 2.29. The fourth-order valence-corrected chi connectivity index (χ4v) is 3.53. The molecule has 0 aliphatic heterocycles. The number of halogens is 1. The molecular weight excluding hydrogens is 346 g/mol. The molecule has 0 N–H and O–H groups in total. The highest BCUT2D eigenvalue weighted by Crippen LogP contribution is 2.33. The lowest BCUT2D eigenvalue weighted by Crippen LogP contribution is -2.14. The largest absolute Gasteiger partial charge is 0.382 e. The Hall–Kier alpha value is -2.03. The van der Waals surface area contributed by atoms with E-state index in [1.807, 2.05) is 19.9 Å². The summed E-state index contributed by atoms with van der Waals surface area (Å²) in [6.45, 7) is 5.68. The third kappa shape index (κ3) is 4.50. The minimum absolute atomic E-state index is 0.0650. The fraction of sp³-hybridized carbons (Fsp3) is 0.278. The minimum atomic E-state index is -3.85. The van der Waals surface area contributed by atoms with Gasteiger partial charge in [0.05, 0.1) is 11.6 Å². The van der Waals surface area contributed by atoms with Crippen LogP contribution >= 0.6 is 11.6 Å². The summed E-state index contributed by atoms with van der Waals surface area (Å²) in [5, 5.41) is 9.48. The average Bonchev–Trinajstić information content (AvgIpc) is 2.49. The van der Waals surface area contributed by atoms with Crippen LogP contribution in [0.2, 0.25) is 5.02 Å². The zero-order valence-corrected chi connectivity index (χ0v) is 15.3. The van der Waals surface area contributed by atoms with Gasteiger partial charge in [-0.3, -0.25) is 0 Å². The summed E-state index contributed by atoms with van der Waals surface area (Å²) >= 11 is 6.13. The van der Waals surface area contributed by atoms with E-state index < -0.39 is 10.1 Å². The van der Waals surface area contributed by atoms with Crippen LogP contribution in [0.1, 0.15) is 42.0 Å². The van der Waals surface area contributed by atoms with E-state index in [0.29, 0.717) is 21.9 Å². The van der Waals surface area contributed by atoms with Crippen LogP contribution in [0.15, 0.2) is 36.4 Å². The van der Waals surface area contributed by atoms with Crippen molar-refractivity contribution in [2.24, 2.45) is 0 Å². The van der Waals surface area contributed by atoms with Crippen molar-refractivity contribution in [2.45, 2.75) is 32.4 Å². The van der Waals surface area contributed by atoms with E-state index in [9.17, 15) is 8.42 Å². The monoisotopic (exact) mass is 363 g/mol. The van der Waals surface area contributed by atoms with Crippen LogP contribution in [0.3, 0.4) is 0 Å². The van der Waals surface area contributed by atoms with Crippen molar-refractivity contribution in [2.75, 3.05) is 0 Å². The Morgan fingerprint density at radius 2 is 1.96 bits per heavy atom. The van der Waals surface area contributed by atoms with Gasteiger partial charge in [0, 0.05) is 5.02 Å². The summed E-state index contributed by atoms with van der Waals surface area (Å²) in [7, 11) is -3.85. The summed E-state index contributed by atoms with van der Waals surface area (Å²) in [4.78, 5) is 0. The number of aryl methyl sites for hydroxylation is 1. The molecule has 24 heavy (non-hydrogen) atoms. The van der Waals surface area contributed by atoms with Crippen LogP contribution in [-0.4, -0.2) is 8.42 Å². The first-order valence-electron chi connectivity index (χ1n) is 7.43. The smallest absolute Gasteiger partial charge is 0.313 e. The molecule has 4 nitrogen and oxygen atoms in total. The maximum atomic E-state index is 12.4. The Balaban J connectivity index is 2.32. The van der Waals surface area contributed by atoms with Gasteiger partial charge in [-0.25, -0.2) is 0 Å². The molecule has 0 amide bonds. The first-order valence-corrected chi connectivity index (χ1v) is 9.38. The maximum Gasteiger partial charge on any atom is 0.313 e. The summed E-state index contributed by atoms with van der Waals surface area (Å²) in [6, 6.07) is 11.8. The Morgan fingerprint density at radius 1 is 1.25 bits per heavy atom. The molecule has 0 aliphatic rings. The van der Waals surface area contributed by atoms with Crippen molar-refractivity contribution in [3.8, 4) is 11.8 Å². The van der Waals surface area contributed by atoms with Crippen LogP contribution in [-0.2, 0) is 15.9 Å². The number of rotatable bonds is 5. The Morgan fingerprint density at radius 3 is 2.58 bits per heavy atom. The zero-order valence-electron chi connectivity index (χ0n) is 13.7. The zero-order chi connectivity index (χ0) is 17.9. The summed E-state index contributed by atoms with van der Waals surface area (Å²) in [6.07, 6.45) is 0. The van der Waals surface area contributed by atoms with Crippen LogP contribution in [0.4, 0.5) is 0 Å². The lowest BCUT2D eigenvalue weighted by atomic mass is 10.0. The summed E-state index contributed by atoms with van der Waals surface area (Å²) in [5.74, 6) is 0.0559. The van der Waals surface area contributed by atoms with E-state index in [0.717, 1.165) is 11.1 Å². The SMILES string of the molecule is Cc1cc(OS(=O)(=O)Cc2cccc(C#N)c2)c(C(C)C)cc1Cl. The van der Waals surface area contributed by atoms with E-state index in [2.05, 4.69) is 0 Å². The second-order valence-corrected chi connectivity index (χ2v) is 7.87. The van der Waals surface area contributed by atoms with Gasteiger partial charge in [0.1, 0.15) is 11.5 Å². The van der Waals surface area contributed by atoms with Gasteiger partial charge in [-0.15, -0.1) is 0 Å². The highest BCUT2D eigenvalue weighted by molar-refractivity contribution is 7.86. The molecule has 0 atom stereocenters. The summed E-state index contributed by atoms with van der Waals surface area (Å²) in [5.41, 5.74) is 2.40. The first kappa shape index (κ1) is 18.3. The molecule has 0 unspecified atom stereocenters. The van der Waals surface area contributed by atoms with Crippen molar-refractivity contribution < 1.29 is 12.6 Å². The van der Waals surface area contributed by atoms with E-state index in [1.165, 1.54) is 6.07 Å². The average molecular weight is 364 g/mol. The third-order valence-electron chi connectivity index (χ3n) is 3.53. The number of nitrogens with zero attached hydrogens (tertiary/aromatic N) is 1. The molecule has 0 saturated heterocycles. The minimum Gasteiger partial charge on any atom is -0.382 e. The van der Waals surface area contributed by atoms with Gasteiger partial charge in [-0.2, -0.15) is 13.7 Å². The molecule has 0 aliphatic carbocycles. The van der Waals surface area contributed by atoms with Gasteiger partial charge in [0.2, 0.25) is 0 Å². The van der Waals surface area contributed by atoms with Crippen molar-refractivity contribution in [1.82, 2.24) is 0 Å². The molecule has 2 aromatic rings. The molecule has 0 spiro atoms. The highest BCUT2D eigenvalue weighted by Gasteiger charge is 2.19. The van der Waals surface area contributed by atoms with Crippen molar-refractivity contribution in [3.63, 3.8) is 0 Å². The van der Waals surface area contributed by atoms with E-state index in [1.54, 1.807) is 37.3 Å². The number of nitriles is 1. The van der Waals surface area contributed by atoms with E-state index >= 15 is 0 Å². The van der Waals surface area contributed by atoms with Gasteiger partial charge in [-0.05, 0) is 53.8 Å². The molecule has 0 heterocycles. The molecule has 6 heteroatoms. The molecule has 126 valence electrons. The van der Waals surface area contributed by atoms with Gasteiger partial charge >= 0.3 is 10.1 Å². The Labute approximate surface area is 147 Å². The van der Waals surface area contributed by atoms with Gasteiger partial charge < -0.3 is 4.18 Å². The van der Waals surface area contributed by atoms with Gasteiger partial charge in [0.15, 0.2) is 0 Å². The maximum absolute atomic E-state index is 12.4. The quantitative estimate of drug-likeness (QED) is 0.730. The molecular formula is C18H18ClNO3S. The second kappa shape index (κ2) is 7.25. The standard InChI is InChI=1S/C18H18ClNO3S/c1-12(2)16-9-17(19)13(3)7-18(16)23-24(21,22)11-15-6-4-5-14(8-15)10-20/h4-9,12H,11H2,1-3H3. The topological polar surface area (TPSA) is 67.2 Å². The van der Waals surface area contributed by atoms with Gasteiger partial charge in [-0.1, -0.05) is 37.6 Å². The molecule has 0 bridgehead atoms. The molecule has 0 aromatic heterocycles. The van der Waals surface area contributed by atoms with Crippen molar-refractivity contribution in [1.29, 1.82) is 5.26 Å². The Kier molecular flexibility index (Phi) is 5.53. The highest BCUT2D eigenvalue weighted by atomic mass is 35.5. The molecule has 0 radical (unpaired) electrons. The van der Waals surface area contributed by atoms with Crippen LogP contribution in [0.25, 0.3) is 0 Å². The van der Waals surface area contributed by atoms with Gasteiger partial charge in [0.25, 0.3) is 0 Å². The Bertz CT molecular complexity index is 899. The van der Waals surface area contributed by atoms with Crippen molar-refractivity contribution >= 4 is 21.7 Å². The molecule has 2 rings (SSSR count). The lowest BCUT2D eigenvalue weighted by Gasteiger charge is -2.15. The number of hydrogen-bond donors (Lipinski definition) is 0. The first-order chi connectivity index (χ1) is 11.2.